The number of rotatable bonds is 3. The van der Waals surface area contributed by atoms with E-state index in [1.165, 1.54) is 18.2 Å². The van der Waals surface area contributed by atoms with Crippen LogP contribution in [0.15, 0.2) is 75.1 Å². The van der Waals surface area contributed by atoms with Gasteiger partial charge in [-0.15, -0.1) is 0 Å². The van der Waals surface area contributed by atoms with Gasteiger partial charge in [0.2, 0.25) is 0 Å². The summed E-state index contributed by atoms with van der Waals surface area (Å²) in [5.74, 6) is -0.639. The van der Waals surface area contributed by atoms with Crippen LogP contribution in [0.5, 0.6) is 0 Å². The fourth-order valence-electron chi connectivity index (χ4n) is 2.82. The molecule has 144 valence electrons. The molecule has 0 spiro atoms. The van der Waals surface area contributed by atoms with E-state index in [2.05, 4.69) is 21.2 Å². The van der Waals surface area contributed by atoms with Gasteiger partial charge in [-0.05, 0) is 54.6 Å². The Kier molecular flexibility index (Phi) is 5.08. The van der Waals surface area contributed by atoms with Crippen molar-refractivity contribution >= 4 is 57.1 Å². The van der Waals surface area contributed by atoms with E-state index in [0.29, 0.717) is 22.2 Å². The number of anilines is 1. The third kappa shape index (κ3) is 3.87. The van der Waals surface area contributed by atoms with Gasteiger partial charge in [0.05, 0.1) is 5.69 Å². The number of amides is 4. The number of barbiturate groups is 1. The Bertz CT molecular complexity index is 1150. The zero-order valence-corrected chi connectivity index (χ0v) is 17.0. The minimum absolute atomic E-state index is 0.212. The van der Waals surface area contributed by atoms with E-state index in [4.69, 9.17) is 16.0 Å². The van der Waals surface area contributed by atoms with Crippen LogP contribution in [0.1, 0.15) is 5.76 Å². The molecule has 0 atom stereocenters. The van der Waals surface area contributed by atoms with Crippen molar-refractivity contribution in [2.45, 2.75) is 0 Å². The molecule has 1 fully saturated rings. The number of urea groups is 1. The fraction of sp³-hybridized carbons (Fsp3) is 0. The first-order valence-corrected chi connectivity index (χ1v) is 9.62. The van der Waals surface area contributed by atoms with Crippen molar-refractivity contribution in [2.75, 3.05) is 4.90 Å². The normalized spacial score (nSPS) is 15.7. The number of furan rings is 1. The van der Waals surface area contributed by atoms with Crippen molar-refractivity contribution in [3.8, 4) is 11.3 Å². The molecule has 29 heavy (non-hydrogen) atoms. The summed E-state index contributed by atoms with van der Waals surface area (Å²) < 4.78 is 6.68. The van der Waals surface area contributed by atoms with Gasteiger partial charge >= 0.3 is 6.03 Å². The van der Waals surface area contributed by atoms with Gasteiger partial charge < -0.3 is 4.42 Å². The number of hydrogen-bond donors (Lipinski definition) is 1. The highest BCUT2D eigenvalue weighted by atomic mass is 79.9. The summed E-state index contributed by atoms with van der Waals surface area (Å²) >= 11 is 9.23. The van der Waals surface area contributed by atoms with Crippen LogP contribution < -0.4 is 10.2 Å². The molecule has 1 aromatic heterocycles. The number of benzene rings is 2. The van der Waals surface area contributed by atoms with Crippen LogP contribution >= 0.6 is 27.5 Å². The molecule has 0 saturated carbocycles. The van der Waals surface area contributed by atoms with Gasteiger partial charge in [0.25, 0.3) is 11.8 Å². The van der Waals surface area contributed by atoms with Gasteiger partial charge in [-0.25, -0.2) is 9.69 Å². The van der Waals surface area contributed by atoms with Crippen LogP contribution in [0, 0.1) is 0 Å². The lowest BCUT2D eigenvalue weighted by Gasteiger charge is -2.26. The maximum Gasteiger partial charge on any atom is 0.335 e. The molecule has 8 heteroatoms. The Balaban J connectivity index is 1.66. The minimum Gasteiger partial charge on any atom is -0.457 e. The molecule has 4 amide bonds. The Morgan fingerprint density at radius 1 is 0.931 bits per heavy atom. The second kappa shape index (κ2) is 7.69. The van der Waals surface area contributed by atoms with Gasteiger partial charge in [-0.3, -0.25) is 14.9 Å². The standard InChI is InChI=1S/C21H12BrClN2O4/c22-13-3-1-12(2-4-13)18-10-9-16(29-18)11-17-19(26)24-21(28)25(20(17)27)15-7-5-14(23)6-8-15/h1-11H,(H,24,26,28). The molecule has 1 saturated heterocycles. The van der Waals surface area contributed by atoms with E-state index in [1.807, 2.05) is 24.3 Å². The minimum atomic E-state index is -0.825. The summed E-state index contributed by atoms with van der Waals surface area (Å²) in [6, 6.07) is 16.2. The van der Waals surface area contributed by atoms with Gasteiger partial charge in [-0.2, -0.15) is 0 Å². The largest absolute Gasteiger partial charge is 0.457 e. The molecule has 6 nitrogen and oxygen atoms in total. The van der Waals surface area contributed by atoms with Crippen LogP contribution in [0.2, 0.25) is 5.02 Å². The highest BCUT2D eigenvalue weighted by Gasteiger charge is 2.37. The van der Waals surface area contributed by atoms with E-state index in [9.17, 15) is 14.4 Å². The molecular formula is C21H12BrClN2O4. The van der Waals surface area contributed by atoms with Crippen molar-refractivity contribution in [1.82, 2.24) is 5.32 Å². The predicted molar refractivity (Wildman–Crippen MR) is 112 cm³/mol. The van der Waals surface area contributed by atoms with Crippen LogP contribution in [-0.2, 0) is 9.59 Å². The van der Waals surface area contributed by atoms with Crippen molar-refractivity contribution in [2.24, 2.45) is 0 Å². The molecule has 2 aromatic carbocycles. The molecule has 2 heterocycles. The van der Waals surface area contributed by atoms with E-state index >= 15 is 0 Å². The number of nitrogens with zero attached hydrogens (tertiary/aromatic N) is 1. The van der Waals surface area contributed by atoms with Gasteiger partial charge in [0, 0.05) is 15.1 Å². The summed E-state index contributed by atoms with van der Waals surface area (Å²) in [7, 11) is 0. The summed E-state index contributed by atoms with van der Waals surface area (Å²) in [6.07, 6.45) is 1.31. The average molecular weight is 472 g/mol. The molecule has 0 bridgehead atoms. The van der Waals surface area contributed by atoms with Crippen LogP contribution in [0.3, 0.4) is 0 Å². The predicted octanol–water partition coefficient (Wildman–Crippen LogP) is 5.03. The summed E-state index contributed by atoms with van der Waals surface area (Å²) in [4.78, 5) is 38.2. The Morgan fingerprint density at radius 2 is 1.62 bits per heavy atom. The van der Waals surface area contributed by atoms with Crippen molar-refractivity contribution in [3.05, 3.63) is 81.5 Å². The molecule has 3 aromatic rings. The van der Waals surface area contributed by atoms with Crippen molar-refractivity contribution in [1.29, 1.82) is 0 Å². The molecule has 0 unspecified atom stereocenters. The number of imide groups is 2. The zero-order chi connectivity index (χ0) is 20.5. The Labute approximate surface area is 178 Å². The van der Waals surface area contributed by atoms with Crippen LogP contribution in [-0.4, -0.2) is 17.8 Å². The Morgan fingerprint density at radius 3 is 2.31 bits per heavy atom. The zero-order valence-electron chi connectivity index (χ0n) is 14.7. The number of hydrogen-bond acceptors (Lipinski definition) is 4. The molecule has 1 aliphatic rings. The molecule has 1 N–H and O–H groups in total. The average Bonchev–Trinajstić information content (AvgIpc) is 3.16. The van der Waals surface area contributed by atoms with Crippen molar-refractivity contribution < 1.29 is 18.8 Å². The Hall–Kier alpha value is -3.16. The number of halogens is 2. The van der Waals surface area contributed by atoms with E-state index < -0.39 is 17.8 Å². The monoisotopic (exact) mass is 470 g/mol. The first kappa shape index (κ1) is 19.2. The first-order chi connectivity index (χ1) is 13.9. The smallest absolute Gasteiger partial charge is 0.335 e. The van der Waals surface area contributed by atoms with Crippen molar-refractivity contribution in [3.63, 3.8) is 0 Å². The quantitative estimate of drug-likeness (QED) is 0.429. The highest BCUT2D eigenvalue weighted by molar-refractivity contribution is 9.10. The molecule has 4 rings (SSSR count). The van der Waals surface area contributed by atoms with E-state index in [0.717, 1.165) is 14.9 Å². The number of nitrogens with one attached hydrogen (secondary N) is 1. The second-order valence-electron chi connectivity index (χ2n) is 6.14. The van der Waals surface area contributed by atoms with Gasteiger partial charge in [0.1, 0.15) is 17.1 Å². The lowest BCUT2D eigenvalue weighted by Crippen LogP contribution is -2.54. The van der Waals surface area contributed by atoms with E-state index in [-0.39, 0.29) is 5.57 Å². The summed E-state index contributed by atoms with van der Waals surface area (Å²) in [5.41, 5.74) is 0.928. The fourth-order valence-corrected chi connectivity index (χ4v) is 3.21. The lowest BCUT2D eigenvalue weighted by atomic mass is 10.1. The molecule has 0 aliphatic carbocycles. The number of carbonyl (C=O) groups excluding carboxylic acids is 3. The summed E-state index contributed by atoms with van der Waals surface area (Å²) in [5, 5.41) is 2.63. The third-order valence-electron chi connectivity index (χ3n) is 4.23. The first-order valence-electron chi connectivity index (χ1n) is 8.45. The van der Waals surface area contributed by atoms with Crippen LogP contribution in [0.25, 0.3) is 17.4 Å². The van der Waals surface area contributed by atoms with E-state index in [1.54, 1.807) is 24.3 Å². The SMILES string of the molecule is O=C1NC(=O)N(c2ccc(Cl)cc2)C(=O)C1=Cc1ccc(-c2ccc(Br)cc2)o1. The maximum atomic E-state index is 12.8. The number of carbonyl (C=O) groups is 3. The topological polar surface area (TPSA) is 79.6 Å². The molecular weight excluding hydrogens is 460 g/mol. The van der Waals surface area contributed by atoms with Crippen LogP contribution in [0.4, 0.5) is 10.5 Å². The van der Waals surface area contributed by atoms with Gasteiger partial charge in [-0.1, -0.05) is 39.7 Å². The maximum absolute atomic E-state index is 12.8. The third-order valence-corrected chi connectivity index (χ3v) is 5.01. The van der Waals surface area contributed by atoms with Gasteiger partial charge in [0.15, 0.2) is 0 Å². The lowest BCUT2D eigenvalue weighted by molar-refractivity contribution is -0.122. The highest BCUT2D eigenvalue weighted by Crippen LogP contribution is 2.27. The second-order valence-corrected chi connectivity index (χ2v) is 7.50. The molecule has 0 radical (unpaired) electrons. The molecule has 1 aliphatic heterocycles. The summed E-state index contributed by atoms with van der Waals surface area (Å²) in [6.45, 7) is 0.